The highest BCUT2D eigenvalue weighted by Gasteiger charge is 2.50. The number of hydrogen-bond acceptors (Lipinski definition) is 8. The molecule has 5 rings (SSSR count). The van der Waals surface area contributed by atoms with E-state index in [1.165, 1.54) is 0 Å². The number of aromatic nitrogens is 3. The van der Waals surface area contributed by atoms with Crippen LogP contribution in [0.2, 0.25) is 0 Å². The van der Waals surface area contributed by atoms with Gasteiger partial charge in [-0.3, -0.25) is 9.00 Å². The van der Waals surface area contributed by atoms with Gasteiger partial charge in [0.2, 0.25) is 5.91 Å². The first-order chi connectivity index (χ1) is 16.6. The van der Waals surface area contributed by atoms with Crippen molar-refractivity contribution in [3.05, 3.63) is 35.4 Å². The normalized spacial score (nSPS) is 27.3. The van der Waals surface area contributed by atoms with E-state index in [0.29, 0.717) is 37.5 Å². The van der Waals surface area contributed by atoms with Gasteiger partial charge in [-0.25, -0.2) is 15.0 Å². The minimum Gasteiger partial charge on any atom is -0.352 e. The van der Waals surface area contributed by atoms with Crippen LogP contribution >= 0.6 is 0 Å². The van der Waals surface area contributed by atoms with Gasteiger partial charge in [0.1, 0.15) is 34.5 Å². The number of piperazine rings is 1. The molecule has 0 N–H and O–H groups in total. The Morgan fingerprint density at radius 3 is 2.54 bits per heavy atom. The minimum atomic E-state index is -1.08. The van der Waals surface area contributed by atoms with Crippen LogP contribution in [0.25, 0.3) is 0 Å². The van der Waals surface area contributed by atoms with Crippen molar-refractivity contribution in [1.29, 1.82) is 5.26 Å². The van der Waals surface area contributed by atoms with E-state index in [9.17, 15) is 14.3 Å². The number of pyridine rings is 1. The second-order valence-corrected chi connectivity index (χ2v) is 12.7. The van der Waals surface area contributed by atoms with Gasteiger partial charge in [-0.2, -0.15) is 5.26 Å². The molecule has 2 aromatic heterocycles. The third-order valence-electron chi connectivity index (χ3n) is 7.68. The number of anilines is 3. The Morgan fingerprint density at radius 2 is 1.94 bits per heavy atom. The molecule has 0 spiro atoms. The lowest BCUT2D eigenvalue weighted by atomic mass is 9.87. The molecule has 9 nitrogen and oxygen atoms in total. The molecule has 10 heteroatoms. The molecule has 3 aliphatic heterocycles. The number of carbonyl (C=O) groups is 1. The molecule has 0 radical (unpaired) electrons. The average molecular weight is 494 g/mol. The fourth-order valence-corrected chi connectivity index (χ4v) is 6.75. The third-order valence-corrected chi connectivity index (χ3v) is 9.64. The van der Waals surface area contributed by atoms with E-state index < -0.39 is 15.5 Å². The van der Waals surface area contributed by atoms with Crippen LogP contribution < -0.4 is 9.80 Å². The van der Waals surface area contributed by atoms with Gasteiger partial charge in [-0.05, 0) is 38.8 Å². The maximum Gasteiger partial charge on any atom is 0.241 e. The van der Waals surface area contributed by atoms with E-state index in [1.54, 1.807) is 12.5 Å². The summed E-state index contributed by atoms with van der Waals surface area (Å²) in [5, 5.41) is 9.25. The number of fused-ring (bicyclic) bond motifs is 1. The molecule has 0 bridgehead atoms. The molecule has 35 heavy (non-hydrogen) atoms. The standard InChI is InChI=1S/C25H31N7O2S/c1-16-10-18(12-27-19(16)11-26)32-14-24(3,4)20-21(28-15-29-22(20)32)30-7-8-31(17(2)13-30)23(33)25(5)6-9-35(25)34/h10,12,15,17H,6-9,13-14H2,1-5H3/t17?,25-,35?/m0/s1. The van der Waals surface area contributed by atoms with Gasteiger partial charge in [-0.1, -0.05) is 13.8 Å². The number of nitrogens with zero attached hydrogens (tertiary/aromatic N) is 7. The molecule has 1 amide bonds. The summed E-state index contributed by atoms with van der Waals surface area (Å²) in [4.78, 5) is 33.2. The summed E-state index contributed by atoms with van der Waals surface area (Å²) in [6, 6.07) is 4.10. The molecule has 184 valence electrons. The number of aryl methyl sites for hydroxylation is 1. The molecule has 2 saturated heterocycles. The fraction of sp³-hybridized carbons (Fsp3) is 0.560. The summed E-state index contributed by atoms with van der Waals surface area (Å²) in [5.41, 5.74) is 3.04. The van der Waals surface area contributed by atoms with Crippen molar-refractivity contribution in [1.82, 2.24) is 19.9 Å². The predicted molar refractivity (Wildman–Crippen MR) is 135 cm³/mol. The van der Waals surface area contributed by atoms with E-state index in [1.807, 2.05) is 24.8 Å². The molecule has 5 heterocycles. The van der Waals surface area contributed by atoms with Gasteiger partial charge in [0, 0.05) is 59.8 Å². The maximum absolute atomic E-state index is 13.2. The van der Waals surface area contributed by atoms with Crippen molar-refractivity contribution < 1.29 is 9.00 Å². The first-order valence-corrected chi connectivity index (χ1v) is 13.3. The molecule has 2 aromatic rings. The van der Waals surface area contributed by atoms with Crippen molar-refractivity contribution in [3.63, 3.8) is 0 Å². The van der Waals surface area contributed by atoms with Crippen LogP contribution in [0.3, 0.4) is 0 Å². The molecule has 3 aliphatic rings. The summed E-state index contributed by atoms with van der Waals surface area (Å²) in [7, 11) is -1.08. The van der Waals surface area contributed by atoms with E-state index in [2.05, 4.69) is 46.6 Å². The SMILES string of the molecule is Cc1cc(N2CC(C)(C)c3c(N4CCN(C(=O)[C@]5(C)CCS5=O)C(C)C4)ncnc32)cnc1C#N. The molecular weight excluding hydrogens is 462 g/mol. The lowest BCUT2D eigenvalue weighted by Crippen LogP contribution is -2.63. The second-order valence-electron chi connectivity index (χ2n) is 10.7. The Kier molecular flexibility index (Phi) is 5.59. The lowest BCUT2D eigenvalue weighted by Gasteiger charge is -2.46. The third kappa shape index (κ3) is 3.68. The number of carbonyl (C=O) groups excluding carboxylic acids is 1. The zero-order chi connectivity index (χ0) is 25.1. The van der Waals surface area contributed by atoms with Gasteiger partial charge in [0.15, 0.2) is 0 Å². The van der Waals surface area contributed by atoms with E-state index in [0.717, 1.165) is 35.0 Å². The highest BCUT2D eigenvalue weighted by molar-refractivity contribution is 7.88. The number of nitriles is 1. The Hall–Kier alpha value is -3.06. The van der Waals surface area contributed by atoms with Crippen LogP contribution in [0.1, 0.15) is 50.9 Å². The molecule has 0 aromatic carbocycles. The average Bonchev–Trinajstić information content (AvgIpc) is 3.13. The van der Waals surface area contributed by atoms with E-state index in [-0.39, 0.29) is 17.4 Å². The van der Waals surface area contributed by atoms with Crippen LogP contribution in [0, 0.1) is 18.3 Å². The summed E-state index contributed by atoms with van der Waals surface area (Å²) >= 11 is 0. The summed E-state index contributed by atoms with van der Waals surface area (Å²) < 4.78 is 11.5. The zero-order valence-corrected chi connectivity index (χ0v) is 21.7. The van der Waals surface area contributed by atoms with Crippen molar-refractivity contribution in [2.45, 2.75) is 57.2 Å². The molecule has 0 saturated carbocycles. The first-order valence-electron chi connectivity index (χ1n) is 12.0. The Morgan fingerprint density at radius 1 is 1.20 bits per heavy atom. The van der Waals surface area contributed by atoms with E-state index in [4.69, 9.17) is 4.98 Å². The molecule has 3 atom stereocenters. The summed E-state index contributed by atoms with van der Waals surface area (Å²) in [6.45, 7) is 12.8. The fourth-order valence-electron chi connectivity index (χ4n) is 5.46. The zero-order valence-electron chi connectivity index (χ0n) is 20.9. The van der Waals surface area contributed by atoms with Crippen molar-refractivity contribution in [2.24, 2.45) is 0 Å². The van der Waals surface area contributed by atoms with Crippen molar-refractivity contribution >= 4 is 34.0 Å². The second kappa shape index (κ2) is 8.26. The smallest absolute Gasteiger partial charge is 0.241 e. The van der Waals surface area contributed by atoms with Crippen molar-refractivity contribution in [2.75, 3.05) is 41.7 Å². The topological polar surface area (TPSA) is 106 Å². The predicted octanol–water partition coefficient (Wildman–Crippen LogP) is 2.43. The molecular formula is C25H31N7O2S. The number of rotatable bonds is 3. The van der Waals surface area contributed by atoms with Gasteiger partial charge in [0.05, 0.1) is 11.9 Å². The molecule has 0 aliphatic carbocycles. The Bertz CT molecular complexity index is 1270. The van der Waals surface area contributed by atoms with Crippen LogP contribution in [0.5, 0.6) is 0 Å². The quantitative estimate of drug-likeness (QED) is 0.642. The van der Waals surface area contributed by atoms with Gasteiger partial charge in [-0.15, -0.1) is 0 Å². The molecule has 2 unspecified atom stereocenters. The number of amides is 1. The Labute approximate surface area is 208 Å². The maximum atomic E-state index is 13.2. The first kappa shape index (κ1) is 23.7. The molecule has 2 fully saturated rings. The number of hydrogen-bond donors (Lipinski definition) is 0. The largest absolute Gasteiger partial charge is 0.352 e. The van der Waals surface area contributed by atoms with Crippen LogP contribution in [0.15, 0.2) is 18.6 Å². The van der Waals surface area contributed by atoms with Crippen LogP contribution in [-0.2, 0) is 21.0 Å². The van der Waals surface area contributed by atoms with Crippen LogP contribution in [-0.4, -0.2) is 72.7 Å². The highest BCUT2D eigenvalue weighted by Crippen LogP contribution is 2.47. The Balaban J connectivity index is 1.43. The van der Waals surface area contributed by atoms with Crippen LogP contribution in [0.4, 0.5) is 17.3 Å². The van der Waals surface area contributed by atoms with Gasteiger partial charge >= 0.3 is 0 Å². The summed E-state index contributed by atoms with van der Waals surface area (Å²) in [5.74, 6) is 2.38. The summed E-state index contributed by atoms with van der Waals surface area (Å²) in [6.07, 6.45) is 4.03. The van der Waals surface area contributed by atoms with Crippen molar-refractivity contribution in [3.8, 4) is 6.07 Å². The monoisotopic (exact) mass is 493 g/mol. The van der Waals surface area contributed by atoms with E-state index >= 15 is 0 Å². The highest BCUT2D eigenvalue weighted by atomic mass is 32.2. The van der Waals surface area contributed by atoms with Gasteiger partial charge < -0.3 is 14.7 Å². The van der Waals surface area contributed by atoms with Gasteiger partial charge in [0.25, 0.3) is 0 Å². The lowest BCUT2D eigenvalue weighted by molar-refractivity contribution is -0.136. The minimum absolute atomic E-state index is 0.0114.